The van der Waals surface area contributed by atoms with Crippen LogP contribution in [0.3, 0.4) is 0 Å². The highest BCUT2D eigenvalue weighted by molar-refractivity contribution is 6.10. The van der Waals surface area contributed by atoms with Crippen LogP contribution < -0.4 is 9.47 Å². The van der Waals surface area contributed by atoms with Crippen molar-refractivity contribution in [3.05, 3.63) is 35.4 Å². The van der Waals surface area contributed by atoms with Crippen LogP contribution in [0.15, 0.2) is 24.3 Å². The summed E-state index contributed by atoms with van der Waals surface area (Å²) in [6, 6.07) is 3.45. The third-order valence-corrected chi connectivity index (χ3v) is 2.41. The first-order chi connectivity index (χ1) is 7.52. The molecular weight excluding hydrogens is 204 g/mol. The van der Waals surface area contributed by atoms with Gasteiger partial charge in [-0.3, -0.25) is 4.79 Å². The zero-order valence-electron chi connectivity index (χ0n) is 10.1. The first-order valence-electron chi connectivity index (χ1n) is 4.94. The van der Waals surface area contributed by atoms with Gasteiger partial charge >= 0.3 is 0 Å². The number of rotatable bonds is 4. The normalized spacial score (nSPS) is 9.75. The van der Waals surface area contributed by atoms with Gasteiger partial charge in [-0.2, -0.15) is 0 Å². The maximum Gasteiger partial charge on any atom is 0.191 e. The van der Waals surface area contributed by atoms with Crippen LogP contribution in [0.5, 0.6) is 11.5 Å². The SMILES string of the molecule is C=C(C)C(=O)c1ccc(OC)c(C)c1OC. The minimum atomic E-state index is -0.109. The molecule has 0 amide bonds. The number of carbonyl (C=O) groups is 1. The molecule has 0 aliphatic rings. The molecule has 0 unspecified atom stereocenters. The van der Waals surface area contributed by atoms with Gasteiger partial charge in [-0.05, 0) is 31.6 Å². The molecule has 3 heteroatoms. The highest BCUT2D eigenvalue weighted by Gasteiger charge is 2.17. The Morgan fingerprint density at radius 1 is 1.25 bits per heavy atom. The van der Waals surface area contributed by atoms with Gasteiger partial charge in [0.15, 0.2) is 5.78 Å². The van der Waals surface area contributed by atoms with Gasteiger partial charge in [0.05, 0.1) is 19.8 Å². The minimum absolute atomic E-state index is 0.109. The van der Waals surface area contributed by atoms with Gasteiger partial charge in [-0.25, -0.2) is 0 Å². The maximum atomic E-state index is 11.9. The van der Waals surface area contributed by atoms with Crippen molar-refractivity contribution in [3.63, 3.8) is 0 Å². The Balaban J connectivity index is 3.37. The number of ether oxygens (including phenoxy) is 2. The Labute approximate surface area is 95.7 Å². The molecule has 3 nitrogen and oxygen atoms in total. The smallest absolute Gasteiger partial charge is 0.191 e. The maximum absolute atomic E-state index is 11.9. The molecular formula is C13H16O3. The molecule has 0 aliphatic carbocycles. The van der Waals surface area contributed by atoms with E-state index in [1.807, 2.05) is 6.92 Å². The van der Waals surface area contributed by atoms with Crippen molar-refractivity contribution in [1.29, 1.82) is 0 Å². The van der Waals surface area contributed by atoms with E-state index in [1.165, 1.54) is 7.11 Å². The largest absolute Gasteiger partial charge is 0.496 e. The summed E-state index contributed by atoms with van der Waals surface area (Å²) in [6.45, 7) is 7.18. The molecule has 0 saturated carbocycles. The number of carbonyl (C=O) groups excluding carboxylic acids is 1. The molecule has 0 heterocycles. The predicted molar refractivity (Wildman–Crippen MR) is 63.4 cm³/mol. The summed E-state index contributed by atoms with van der Waals surface area (Å²) in [6.07, 6.45) is 0. The van der Waals surface area contributed by atoms with E-state index >= 15 is 0 Å². The summed E-state index contributed by atoms with van der Waals surface area (Å²) in [4.78, 5) is 11.9. The third kappa shape index (κ3) is 2.08. The van der Waals surface area contributed by atoms with Crippen molar-refractivity contribution in [2.24, 2.45) is 0 Å². The van der Waals surface area contributed by atoms with E-state index in [0.29, 0.717) is 22.6 Å². The molecule has 0 aliphatic heterocycles. The van der Waals surface area contributed by atoms with Crippen LogP contribution >= 0.6 is 0 Å². The Kier molecular flexibility index (Phi) is 3.72. The molecule has 0 radical (unpaired) electrons. The Hall–Kier alpha value is -1.77. The molecule has 0 saturated heterocycles. The highest BCUT2D eigenvalue weighted by atomic mass is 16.5. The average molecular weight is 220 g/mol. The van der Waals surface area contributed by atoms with E-state index in [-0.39, 0.29) is 5.78 Å². The van der Waals surface area contributed by atoms with Crippen LogP contribution in [-0.2, 0) is 0 Å². The lowest BCUT2D eigenvalue weighted by Crippen LogP contribution is -2.05. The average Bonchev–Trinajstić information content (AvgIpc) is 2.27. The lowest BCUT2D eigenvalue weighted by molar-refractivity contribution is 0.103. The van der Waals surface area contributed by atoms with E-state index in [2.05, 4.69) is 6.58 Å². The lowest BCUT2D eigenvalue weighted by Gasteiger charge is -2.13. The van der Waals surface area contributed by atoms with Crippen LogP contribution in [0.25, 0.3) is 0 Å². The fraction of sp³-hybridized carbons (Fsp3) is 0.308. The molecule has 0 atom stereocenters. The van der Waals surface area contributed by atoms with Crippen LogP contribution in [0, 0.1) is 6.92 Å². The van der Waals surface area contributed by atoms with Crippen molar-refractivity contribution < 1.29 is 14.3 Å². The first kappa shape index (κ1) is 12.3. The summed E-state index contributed by atoms with van der Waals surface area (Å²) >= 11 is 0. The van der Waals surface area contributed by atoms with E-state index < -0.39 is 0 Å². The van der Waals surface area contributed by atoms with Crippen LogP contribution in [0.2, 0.25) is 0 Å². The Morgan fingerprint density at radius 2 is 1.88 bits per heavy atom. The quantitative estimate of drug-likeness (QED) is 0.578. The molecule has 1 aromatic carbocycles. The van der Waals surface area contributed by atoms with E-state index in [9.17, 15) is 4.79 Å². The van der Waals surface area contributed by atoms with Gasteiger partial charge in [0.1, 0.15) is 11.5 Å². The second kappa shape index (κ2) is 4.84. The number of hydrogen-bond acceptors (Lipinski definition) is 3. The number of benzene rings is 1. The number of hydrogen-bond donors (Lipinski definition) is 0. The molecule has 0 bridgehead atoms. The summed E-state index contributed by atoms with van der Waals surface area (Å²) in [5.74, 6) is 1.14. The van der Waals surface area contributed by atoms with E-state index in [1.54, 1.807) is 26.2 Å². The molecule has 0 aromatic heterocycles. The molecule has 0 fully saturated rings. The second-order valence-electron chi connectivity index (χ2n) is 3.58. The molecule has 0 N–H and O–H groups in total. The standard InChI is InChI=1S/C13H16O3/c1-8(2)12(14)10-6-7-11(15-4)9(3)13(10)16-5/h6-7H,1H2,2-5H3. The zero-order chi connectivity index (χ0) is 12.3. The van der Waals surface area contributed by atoms with Gasteiger partial charge in [0, 0.05) is 5.56 Å². The topological polar surface area (TPSA) is 35.5 Å². The zero-order valence-corrected chi connectivity index (χ0v) is 10.1. The van der Waals surface area contributed by atoms with Crippen molar-refractivity contribution in [1.82, 2.24) is 0 Å². The Morgan fingerprint density at radius 3 is 2.31 bits per heavy atom. The van der Waals surface area contributed by atoms with Gasteiger partial charge in [-0.15, -0.1) is 0 Å². The van der Waals surface area contributed by atoms with E-state index in [4.69, 9.17) is 9.47 Å². The number of ketones is 1. The highest BCUT2D eigenvalue weighted by Crippen LogP contribution is 2.32. The number of Topliss-reactive ketones (excluding diaryl/α,β-unsaturated/α-hetero) is 1. The monoisotopic (exact) mass is 220 g/mol. The summed E-state index contributed by atoms with van der Waals surface area (Å²) in [5, 5.41) is 0. The van der Waals surface area contributed by atoms with Crippen LogP contribution in [0.4, 0.5) is 0 Å². The molecule has 16 heavy (non-hydrogen) atoms. The summed E-state index contributed by atoms with van der Waals surface area (Å²) in [5.41, 5.74) is 1.83. The van der Waals surface area contributed by atoms with Gasteiger partial charge < -0.3 is 9.47 Å². The van der Waals surface area contributed by atoms with Gasteiger partial charge in [0.2, 0.25) is 0 Å². The summed E-state index contributed by atoms with van der Waals surface area (Å²) < 4.78 is 10.4. The van der Waals surface area contributed by atoms with Gasteiger partial charge in [0.25, 0.3) is 0 Å². The molecule has 0 spiro atoms. The molecule has 1 aromatic rings. The predicted octanol–water partition coefficient (Wildman–Crippen LogP) is 2.77. The summed E-state index contributed by atoms with van der Waals surface area (Å²) in [7, 11) is 3.12. The number of methoxy groups -OCH3 is 2. The number of allylic oxidation sites excluding steroid dienone is 1. The third-order valence-electron chi connectivity index (χ3n) is 2.41. The first-order valence-corrected chi connectivity index (χ1v) is 4.94. The minimum Gasteiger partial charge on any atom is -0.496 e. The molecule has 1 rings (SSSR count). The fourth-order valence-corrected chi connectivity index (χ4v) is 1.57. The fourth-order valence-electron chi connectivity index (χ4n) is 1.57. The second-order valence-corrected chi connectivity index (χ2v) is 3.58. The van der Waals surface area contributed by atoms with Crippen molar-refractivity contribution in [2.45, 2.75) is 13.8 Å². The van der Waals surface area contributed by atoms with Crippen LogP contribution in [-0.4, -0.2) is 20.0 Å². The molecule has 86 valence electrons. The van der Waals surface area contributed by atoms with Crippen molar-refractivity contribution >= 4 is 5.78 Å². The van der Waals surface area contributed by atoms with E-state index in [0.717, 1.165) is 5.56 Å². The van der Waals surface area contributed by atoms with Gasteiger partial charge in [-0.1, -0.05) is 6.58 Å². The van der Waals surface area contributed by atoms with Crippen LogP contribution in [0.1, 0.15) is 22.8 Å². The van der Waals surface area contributed by atoms with Crippen molar-refractivity contribution in [2.75, 3.05) is 14.2 Å². The van der Waals surface area contributed by atoms with Crippen molar-refractivity contribution in [3.8, 4) is 11.5 Å². The Bertz CT molecular complexity index is 433. The lowest BCUT2D eigenvalue weighted by atomic mass is 10.0.